The van der Waals surface area contributed by atoms with Crippen molar-refractivity contribution in [2.75, 3.05) is 29.5 Å². The van der Waals surface area contributed by atoms with Crippen molar-refractivity contribution in [1.82, 2.24) is 19.3 Å². The third-order valence-corrected chi connectivity index (χ3v) is 5.79. The molecule has 4 rings (SSSR count). The number of anilines is 3. The predicted octanol–water partition coefficient (Wildman–Crippen LogP) is 2.14. The molecule has 35 heavy (non-hydrogen) atoms. The van der Waals surface area contributed by atoms with Gasteiger partial charge in [0.15, 0.2) is 0 Å². The van der Waals surface area contributed by atoms with E-state index < -0.39 is 17.2 Å². The molecule has 0 spiro atoms. The van der Waals surface area contributed by atoms with Gasteiger partial charge in [-0.3, -0.25) is 19.1 Å². The fourth-order valence-corrected chi connectivity index (χ4v) is 3.89. The van der Waals surface area contributed by atoms with E-state index in [1.807, 2.05) is 48.5 Å². The van der Waals surface area contributed by atoms with Gasteiger partial charge in [-0.05, 0) is 17.2 Å². The van der Waals surface area contributed by atoms with E-state index in [0.717, 1.165) is 11.1 Å². The lowest BCUT2D eigenvalue weighted by Gasteiger charge is -2.21. The van der Waals surface area contributed by atoms with Crippen LogP contribution in [0, 0.1) is 0 Å². The van der Waals surface area contributed by atoms with Gasteiger partial charge in [-0.15, -0.1) is 0 Å². The number of halogens is 1. The quantitative estimate of drug-likeness (QED) is 0.344. The highest BCUT2D eigenvalue weighted by molar-refractivity contribution is 6.31. The summed E-state index contributed by atoms with van der Waals surface area (Å²) in [6.07, 6.45) is 1.57. The number of hydrogen-bond donors (Lipinski definition) is 3. The molecule has 0 bridgehead atoms. The lowest BCUT2D eigenvalue weighted by molar-refractivity contribution is -0.115. The summed E-state index contributed by atoms with van der Waals surface area (Å²) in [4.78, 5) is 41.4. The molecule has 0 aliphatic rings. The van der Waals surface area contributed by atoms with E-state index in [0.29, 0.717) is 17.4 Å². The highest BCUT2D eigenvalue weighted by Gasteiger charge is 2.19. The van der Waals surface area contributed by atoms with Gasteiger partial charge in [0, 0.05) is 18.1 Å². The molecular weight excluding hydrogens is 470 g/mol. The second-order valence-electron chi connectivity index (χ2n) is 7.93. The number of hydrogen-bond acceptors (Lipinski definition) is 6. The van der Waals surface area contributed by atoms with Gasteiger partial charge >= 0.3 is 5.69 Å². The van der Waals surface area contributed by atoms with Crippen molar-refractivity contribution in [2.24, 2.45) is 0 Å². The number of likely N-dealkylation sites (N-methyl/N-ethyl adjacent to an activating group) is 1. The average Bonchev–Trinajstić information content (AvgIpc) is 3.25. The molecule has 1 amide bonds. The summed E-state index contributed by atoms with van der Waals surface area (Å²) in [5.41, 5.74) is 6.64. The molecule has 0 aliphatic carbocycles. The topological polar surface area (TPSA) is 131 Å². The second kappa shape index (κ2) is 10.3. The number of benzene rings is 2. The van der Waals surface area contributed by atoms with Crippen LogP contribution >= 0.6 is 11.6 Å². The average molecular weight is 494 g/mol. The van der Waals surface area contributed by atoms with Gasteiger partial charge in [0.05, 0.1) is 25.8 Å². The van der Waals surface area contributed by atoms with Crippen LogP contribution in [0.1, 0.15) is 11.1 Å². The molecule has 0 fully saturated rings. The Balaban J connectivity index is 1.50. The smallest absolute Gasteiger partial charge is 0.330 e. The molecule has 0 aliphatic heterocycles. The molecule has 0 saturated heterocycles. The standard InChI is InChI=1S/C24H24ClN7O3/c1-30(21-22(26)31(24(35)29-23(21)34)13-16-7-3-2-4-8-16)15-20(33)28-19-11-12-27-32(19)14-17-9-5-6-10-18(17)25/h2-12H,13-15,26H2,1H3,(H,28,33)(H,29,34,35). The summed E-state index contributed by atoms with van der Waals surface area (Å²) in [5.74, 6) is 0.0499. The number of nitrogens with zero attached hydrogens (tertiary/aromatic N) is 4. The first-order valence-corrected chi connectivity index (χ1v) is 11.1. The molecule has 4 N–H and O–H groups in total. The molecule has 0 radical (unpaired) electrons. The fourth-order valence-electron chi connectivity index (χ4n) is 3.70. The van der Waals surface area contributed by atoms with Gasteiger partial charge in [0.25, 0.3) is 5.56 Å². The third kappa shape index (κ3) is 5.44. The number of nitrogens with one attached hydrogen (secondary N) is 2. The van der Waals surface area contributed by atoms with Gasteiger partial charge in [-0.2, -0.15) is 5.10 Å². The number of nitrogens with two attached hydrogens (primary N) is 1. The van der Waals surface area contributed by atoms with Crippen molar-refractivity contribution in [3.05, 3.63) is 104 Å². The van der Waals surface area contributed by atoms with Crippen molar-refractivity contribution >= 4 is 34.8 Å². The van der Waals surface area contributed by atoms with Crippen molar-refractivity contribution in [1.29, 1.82) is 0 Å². The third-order valence-electron chi connectivity index (χ3n) is 5.42. The summed E-state index contributed by atoms with van der Waals surface area (Å²) < 4.78 is 2.87. The predicted molar refractivity (Wildman–Crippen MR) is 136 cm³/mol. The number of nitrogen functional groups attached to an aromatic ring is 1. The van der Waals surface area contributed by atoms with Gasteiger partial charge < -0.3 is 16.0 Å². The Morgan fingerprint density at radius 2 is 1.80 bits per heavy atom. The Bertz CT molecular complexity index is 1460. The van der Waals surface area contributed by atoms with Crippen LogP contribution in [0.4, 0.5) is 17.3 Å². The first-order valence-electron chi connectivity index (χ1n) is 10.8. The van der Waals surface area contributed by atoms with Crippen molar-refractivity contribution in [3.8, 4) is 0 Å². The summed E-state index contributed by atoms with van der Waals surface area (Å²) >= 11 is 6.24. The zero-order valence-corrected chi connectivity index (χ0v) is 19.7. The van der Waals surface area contributed by atoms with Crippen molar-refractivity contribution in [2.45, 2.75) is 13.1 Å². The summed E-state index contributed by atoms with van der Waals surface area (Å²) in [6, 6.07) is 18.3. The molecule has 4 aromatic rings. The largest absolute Gasteiger partial charge is 0.383 e. The summed E-state index contributed by atoms with van der Waals surface area (Å²) in [5, 5.41) is 7.64. The van der Waals surface area contributed by atoms with Crippen LogP contribution in [0.5, 0.6) is 0 Å². The van der Waals surface area contributed by atoms with Crippen LogP contribution in [-0.4, -0.2) is 38.8 Å². The zero-order chi connectivity index (χ0) is 24.9. The first-order chi connectivity index (χ1) is 16.8. The van der Waals surface area contributed by atoms with E-state index in [2.05, 4.69) is 15.4 Å². The van der Waals surface area contributed by atoms with Gasteiger partial charge in [-0.1, -0.05) is 60.1 Å². The molecule has 2 aromatic carbocycles. The number of aromatic nitrogens is 4. The maximum atomic E-state index is 12.8. The van der Waals surface area contributed by atoms with E-state index >= 15 is 0 Å². The van der Waals surface area contributed by atoms with E-state index in [9.17, 15) is 14.4 Å². The van der Waals surface area contributed by atoms with Crippen LogP contribution < -0.4 is 27.2 Å². The van der Waals surface area contributed by atoms with Crippen LogP contribution in [0.25, 0.3) is 0 Å². The Morgan fingerprint density at radius 1 is 1.09 bits per heavy atom. The molecular formula is C24H24ClN7O3. The Kier molecular flexibility index (Phi) is 7.02. The molecule has 2 aromatic heterocycles. The fraction of sp³-hybridized carbons (Fsp3) is 0.167. The number of rotatable bonds is 8. The molecule has 11 heteroatoms. The van der Waals surface area contributed by atoms with Crippen molar-refractivity contribution in [3.63, 3.8) is 0 Å². The molecule has 0 saturated carbocycles. The number of H-pyrrole nitrogens is 1. The van der Waals surface area contributed by atoms with E-state index in [-0.39, 0.29) is 24.6 Å². The van der Waals surface area contributed by atoms with Crippen LogP contribution in [0.15, 0.2) is 76.4 Å². The Morgan fingerprint density at radius 3 is 2.54 bits per heavy atom. The Hall–Kier alpha value is -4.31. The maximum absolute atomic E-state index is 12.8. The number of aromatic amines is 1. The van der Waals surface area contributed by atoms with E-state index in [1.165, 1.54) is 9.47 Å². The summed E-state index contributed by atoms with van der Waals surface area (Å²) in [7, 11) is 1.55. The second-order valence-corrected chi connectivity index (χ2v) is 8.34. The monoisotopic (exact) mass is 493 g/mol. The van der Waals surface area contributed by atoms with Crippen LogP contribution in [0.3, 0.4) is 0 Å². The van der Waals surface area contributed by atoms with Crippen LogP contribution in [-0.2, 0) is 17.9 Å². The molecule has 180 valence electrons. The lowest BCUT2D eigenvalue weighted by atomic mass is 10.2. The molecule has 2 heterocycles. The highest BCUT2D eigenvalue weighted by Crippen LogP contribution is 2.19. The maximum Gasteiger partial charge on any atom is 0.330 e. The van der Waals surface area contributed by atoms with Gasteiger partial charge in [0.2, 0.25) is 5.91 Å². The number of carbonyl (C=O) groups excluding carboxylic acids is 1. The summed E-state index contributed by atoms with van der Waals surface area (Å²) in [6.45, 7) is 0.361. The van der Waals surface area contributed by atoms with E-state index in [4.69, 9.17) is 17.3 Å². The molecule has 10 nitrogen and oxygen atoms in total. The Labute approximate surface area is 205 Å². The highest BCUT2D eigenvalue weighted by atomic mass is 35.5. The zero-order valence-electron chi connectivity index (χ0n) is 18.9. The SMILES string of the molecule is CN(CC(=O)Nc1ccnn1Cc1ccccc1Cl)c1c(N)n(Cc2ccccc2)c(=O)[nH]c1=O. The van der Waals surface area contributed by atoms with E-state index in [1.54, 1.807) is 30.1 Å². The normalized spacial score (nSPS) is 10.8. The van der Waals surface area contributed by atoms with Gasteiger partial charge in [-0.25, -0.2) is 9.48 Å². The molecule has 0 atom stereocenters. The number of carbonyl (C=O) groups is 1. The molecule has 0 unspecified atom stereocenters. The van der Waals surface area contributed by atoms with Gasteiger partial charge in [0.1, 0.15) is 17.3 Å². The minimum Gasteiger partial charge on any atom is -0.383 e. The van der Waals surface area contributed by atoms with Crippen LogP contribution in [0.2, 0.25) is 5.02 Å². The first kappa shape index (κ1) is 23.8. The minimum absolute atomic E-state index is 0.0262. The lowest BCUT2D eigenvalue weighted by Crippen LogP contribution is -2.40. The van der Waals surface area contributed by atoms with Crippen molar-refractivity contribution < 1.29 is 4.79 Å². The minimum atomic E-state index is -0.670. The number of amides is 1.